The van der Waals surface area contributed by atoms with Gasteiger partial charge in [0.25, 0.3) is 0 Å². The average Bonchev–Trinajstić information content (AvgIpc) is 2.97. The summed E-state index contributed by atoms with van der Waals surface area (Å²) in [5.41, 5.74) is 1.64. The molecule has 0 amide bonds. The molecule has 0 N–H and O–H groups in total. The standard InChI is InChI=1S/C20H17NO4/c1-2-7-18(22)24-16-11-6-8-14(12-16)13-17-20(23)25-19(21-17)15-9-4-3-5-10-15/h3-6,8-13H,2,7H2,1H3/b17-13-. The third-order valence-electron chi connectivity index (χ3n) is 3.49. The number of cyclic esters (lactones) is 1. The molecule has 1 aliphatic heterocycles. The number of rotatable bonds is 5. The summed E-state index contributed by atoms with van der Waals surface area (Å²) in [5.74, 6) is -0.0713. The second-order valence-electron chi connectivity index (χ2n) is 5.50. The maximum atomic E-state index is 12.0. The van der Waals surface area contributed by atoms with Crippen molar-refractivity contribution in [3.05, 3.63) is 71.4 Å². The van der Waals surface area contributed by atoms with Crippen LogP contribution in [0, 0.1) is 0 Å². The first-order valence-corrected chi connectivity index (χ1v) is 8.04. The van der Waals surface area contributed by atoms with E-state index in [1.165, 1.54) is 0 Å². The van der Waals surface area contributed by atoms with E-state index in [2.05, 4.69) is 4.99 Å². The Hall–Kier alpha value is -3.21. The first-order valence-electron chi connectivity index (χ1n) is 8.04. The summed E-state index contributed by atoms with van der Waals surface area (Å²) in [6.45, 7) is 1.91. The fourth-order valence-electron chi connectivity index (χ4n) is 2.33. The molecule has 126 valence electrons. The molecule has 0 aromatic heterocycles. The SMILES string of the molecule is CCCC(=O)Oc1cccc(/C=C2\N=C(c3ccccc3)OC2=O)c1. The molecule has 2 aromatic carbocycles. The predicted octanol–water partition coefficient (Wildman–Crippen LogP) is 3.74. The minimum atomic E-state index is -0.507. The molecule has 0 unspecified atom stereocenters. The molecule has 1 heterocycles. The Labute approximate surface area is 145 Å². The van der Waals surface area contributed by atoms with Crippen molar-refractivity contribution in [3.8, 4) is 5.75 Å². The number of carbonyl (C=O) groups is 2. The average molecular weight is 335 g/mol. The van der Waals surface area contributed by atoms with Gasteiger partial charge in [-0.3, -0.25) is 4.79 Å². The van der Waals surface area contributed by atoms with E-state index in [1.807, 2.05) is 37.3 Å². The van der Waals surface area contributed by atoms with Crippen molar-refractivity contribution in [1.29, 1.82) is 0 Å². The number of nitrogens with zero attached hydrogens (tertiary/aromatic N) is 1. The number of aliphatic imine (C=N–C) groups is 1. The van der Waals surface area contributed by atoms with E-state index in [-0.39, 0.29) is 17.6 Å². The van der Waals surface area contributed by atoms with Gasteiger partial charge in [-0.05, 0) is 42.3 Å². The van der Waals surface area contributed by atoms with Gasteiger partial charge in [-0.1, -0.05) is 37.3 Å². The van der Waals surface area contributed by atoms with Gasteiger partial charge in [-0.2, -0.15) is 0 Å². The maximum absolute atomic E-state index is 12.0. The topological polar surface area (TPSA) is 65.0 Å². The molecule has 2 aromatic rings. The lowest BCUT2D eigenvalue weighted by atomic mass is 10.2. The van der Waals surface area contributed by atoms with Crippen LogP contribution >= 0.6 is 0 Å². The van der Waals surface area contributed by atoms with Crippen LogP contribution in [0.1, 0.15) is 30.9 Å². The molecule has 1 aliphatic rings. The normalized spacial score (nSPS) is 15.0. The Kier molecular flexibility index (Phi) is 5.04. The van der Waals surface area contributed by atoms with Gasteiger partial charge < -0.3 is 9.47 Å². The lowest BCUT2D eigenvalue weighted by molar-refractivity contribution is -0.134. The number of carbonyl (C=O) groups excluding carboxylic acids is 2. The number of hydrogen-bond donors (Lipinski definition) is 0. The van der Waals surface area contributed by atoms with Gasteiger partial charge in [0, 0.05) is 12.0 Å². The Balaban J connectivity index is 1.82. The number of ether oxygens (including phenoxy) is 2. The number of benzene rings is 2. The zero-order valence-electron chi connectivity index (χ0n) is 13.8. The molecule has 0 atom stereocenters. The Morgan fingerprint density at radius 2 is 1.96 bits per heavy atom. The van der Waals surface area contributed by atoms with Gasteiger partial charge in [-0.15, -0.1) is 0 Å². The Morgan fingerprint density at radius 1 is 1.16 bits per heavy atom. The minimum absolute atomic E-state index is 0.205. The van der Waals surface area contributed by atoms with Crippen LogP contribution in [-0.4, -0.2) is 17.8 Å². The van der Waals surface area contributed by atoms with Crippen LogP contribution < -0.4 is 4.74 Å². The van der Waals surface area contributed by atoms with Crippen LogP contribution in [0.4, 0.5) is 0 Å². The summed E-state index contributed by atoms with van der Waals surface area (Å²) in [5, 5.41) is 0. The lowest BCUT2D eigenvalue weighted by Crippen LogP contribution is -2.06. The molecular weight excluding hydrogens is 318 g/mol. The summed E-state index contributed by atoms with van der Waals surface area (Å²) < 4.78 is 10.5. The zero-order chi connectivity index (χ0) is 17.6. The van der Waals surface area contributed by atoms with Crippen molar-refractivity contribution in [3.63, 3.8) is 0 Å². The monoisotopic (exact) mass is 335 g/mol. The van der Waals surface area contributed by atoms with Crippen molar-refractivity contribution in [2.75, 3.05) is 0 Å². The summed E-state index contributed by atoms with van der Waals surface area (Å²) in [4.78, 5) is 27.9. The summed E-state index contributed by atoms with van der Waals surface area (Å²) >= 11 is 0. The molecular formula is C20H17NO4. The molecule has 5 nitrogen and oxygen atoms in total. The van der Waals surface area contributed by atoms with E-state index in [1.54, 1.807) is 30.3 Å². The highest BCUT2D eigenvalue weighted by Crippen LogP contribution is 2.21. The molecule has 0 radical (unpaired) electrons. The van der Waals surface area contributed by atoms with Gasteiger partial charge in [0.15, 0.2) is 5.70 Å². The van der Waals surface area contributed by atoms with E-state index < -0.39 is 5.97 Å². The Morgan fingerprint density at radius 3 is 2.72 bits per heavy atom. The van der Waals surface area contributed by atoms with Gasteiger partial charge in [0.2, 0.25) is 5.90 Å². The van der Waals surface area contributed by atoms with E-state index in [9.17, 15) is 9.59 Å². The Bertz CT molecular complexity index is 853. The molecule has 25 heavy (non-hydrogen) atoms. The zero-order valence-corrected chi connectivity index (χ0v) is 13.8. The highest BCUT2D eigenvalue weighted by Gasteiger charge is 2.23. The van der Waals surface area contributed by atoms with Crippen molar-refractivity contribution in [2.45, 2.75) is 19.8 Å². The largest absolute Gasteiger partial charge is 0.427 e. The smallest absolute Gasteiger partial charge is 0.363 e. The third kappa shape index (κ3) is 4.20. The summed E-state index contributed by atoms with van der Waals surface area (Å²) in [7, 11) is 0. The first kappa shape index (κ1) is 16.6. The molecule has 0 spiro atoms. The summed E-state index contributed by atoms with van der Waals surface area (Å²) in [6.07, 6.45) is 2.70. The van der Waals surface area contributed by atoms with Crippen LogP contribution in [0.5, 0.6) is 5.75 Å². The first-order chi connectivity index (χ1) is 12.2. The maximum Gasteiger partial charge on any atom is 0.363 e. The number of esters is 2. The fraction of sp³-hybridized carbons (Fsp3) is 0.150. The highest BCUT2D eigenvalue weighted by atomic mass is 16.6. The van der Waals surface area contributed by atoms with E-state index in [0.29, 0.717) is 17.7 Å². The molecule has 0 fully saturated rings. The van der Waals surface area contributed by atoms with Crippen molar-refractivity contribution in [2.24, 2.45) is 4.99 Å². The fourth-order valence-corrected chi connectivity index (χ4v) is 2.33. The van der Waals surface area contributed by atoms with E-state index in [4.69, 9.17) is 9.47 Å². The second kappa shape index (κ2) is 7.57. The van der Waals surface area contributed by atoms with Crippen LogP contribution in [0.2, 0.25) is 0 Å². The molecule has 0 bridgehead atoms. The summed E-state index contributed by atoms with van der Waals surface area (Å²) in [6, 6.07) is 16.2. The minimum Gasteiger partial charge on any atom is -0.427 e. The van der Waals surface area contributed by atoms with E-state index >= 15 is 0 Å². The number of hydrogen-bond acceptors (Lipinski definition) is 5. The van der Waals surface area contributed by atoms with Crippen molar-refractivity contribution < 1.29 is 19.1 Å². The molecule has 3 rings (SSSR count). The van der Waals surface area contributed by atoms with Gasteiger partial charge in [0.1, 0.15) is 5.75 Å². The molecule has 5 heteroatoms. The van der Waals surface area contributed by atoms with E-state index in [0.717, 1.165) is 12.0 Å². The quantitative estimate of drug-likeness (QED) is 0.474. The van der Waals surface area contributed by atoms with Gasteiger partial charge in [0.05, 0.1) is 0 Å². The van der Waals surface area contributed by atoms with Crippen LogP contribution in [0.25, 0.3) is 6.08 Å². The molecule has 0 saturated heterocycles. The third-order valence-corrected chi connectivity index (χ3v) is 3.49. The second-order valence-corrected chi connectivity index (χ2v) is 5.50. The van der Waals surface area contributed by atoms with Crippen LogP contribution in [0.3, 0.4) is 0 Å². The van der Waals surface area contributed by atoms with Crippen LogP contribution in [0.15, 0.2) is 65.3 Å². The van der Waals surface area contributed by atoms with Crippen LogP contribution in [-0.2, 0) is 14.3 Å². The van der Waals surface area contributed by atoms with Gasteiger partial charge >= 0.3 is 11.9 Å². The van der Waals surface area contributed by atoms with Crippen molar-refractivity contribution in [1.82, 2.24) is 0 Å². The molecule has 0 saturated carbocycles. The predicted molar refractivity (Wildman–Crippen MR) is 94.0 cm³/mol. The lowest BCUT2D eigenvalue weighted by Gasteiger charge is -2.04. The van der Waals surface area contributed by atoms with Gasteiger partial charge in [-0.25, -0.2) is 9.79 Å². The molecule has 0 aliphatic carbocycles. The highest BCUT2D eigenvalue weighted by molar-refractivity contribution is 6.12. The van der Waals surface area contributed by atoms with Crippen molar-refractivity contribution >= 4 is 23.9 Å².